The fourth-order valence-electron chi connectivity index (χ4n) is 1.14. The van der Waals surface area contributed by atoms with E-state index in [2.05, 4.69) is 6.58 Å². The predicted molar refractivity (Wildman–Crippen MR) is 55.4 cm³/mol. The number of rotatable bonds is 2. The molecule has 0 saturated carbocycles. The molecule has 13 heavy (non-hydrogen) atoms. The van der Waals surface area contributed by atoms with Crippen LogP contribution in [0.4, 0.5) is 0 Å². The normalized spacial score (nSPS) is 25.4. The minimum Gasteiger partial charge on any atom is -0.400 e. The Hall–Kier alpha value is -0.535. The van der Waals surface area contributed by atoms with Crippen molar-refractivity contribution >= 4 is 7.12 Å². The molecule has 0 aliphatic carbocycles. The van der Waals surface area contributed by atoms with Crippen molar-refractivity contribution in [3.05, 3.63) is 24.7 Å². The predicted octanol–water partition coefficient (Wildman–Crippen LogP) is 2.36. The highest BCUT2D eigenvalue weighted by molar-refractivity contribution is 6.51. The summed E-state index contributed by atoms with van der Waals surface area (Å²) in [6, 6.07) is 0. The first-order valence-electron chi connectivity index (χ1n) is 4.54. The molecule has 0 spiro atoms. The van der Waals surface area contributed by atoms with Crippen molar-refractivity contribution in [3.8, 4) is 0 Å². The van der Waals surface area contributed by atoms with Gasteiger partial charge in [0.25, 0.3) is 0 Å². The summed E-state index contributed by atoms with van der Waals surface area (Å²) in [6.45, 7) is 11.7. The van der Waals surface area contributed by atoms with E-state index in [0.717, 1.165) is 0 Å². The minimum absolute atomic E-state index is 0.247. The van der Waals surface area contributed by atoms with Gasteiger partial charge in [0.05, 0.1) is 11.2 Å². The van der Waals surface area contributed by atoms with Crippen LogP contribution in [0.25, 0.3) is 0 Å². The first kappa shape index (κ1) is 10.5. The molecule has 72 valence electrons. The molecule has 0 unspecified atom stereocenters. The van der Waals surface area contributed by atoms with Gasteiger partial charge >= 0.3 is 7.12 Å². The SMILES string of the molecule is C=C/C=C/B1OC(C)(C)C(C)(C)O1. The van der Waals surface area contributed by atoms with Gasteiger partial charge in [0, 0.05) is 0 Å². The lowest BCUT2D eigenvalue weighted by Crippen LogP contribution is -2.41. The Kier molecular flexibility index (Phi) is 2.69. The molecule has 1 rings (SSSR count). The first-order chi connectivity index (χ1) is 5.89. The molecule has 1 saturated heterocycles. The van der Waals surface area contributed by atoms with Crippen LogP contribution < -0.4 is 0 Å². The minimum atomic E-state index is -0.247. The average Bonchev–Trinajstić information content (AvgIpc) is 2.17. The second kappa shape index (κ2) is 3.31. The summed E-state index contributed by atoms with van der Waals surface area (Å²) in [5.74, 6) is 1.86. The largest absolute Gasteiger partial charge is 0.487 e. The molecule has 0 amide bonds. The van der Waals surface area contributed by atoms with Gasteiger partial charge in [-0.15, -0.1) is 0 Å². The van der Waals surface area contributed by atoms with E-state index in [1.807, 2.05) is 39.7 Å². The molecule has 1 heterocycles. The highest BCUT2D eigenvalue weighted by Gasteiger charge is 2.49. The zero-order valence-corrected chi connectivity index (χ0v) is 8.83. The highest BCUT2D eigenvalue weighted by Crippen LogP contribution is 2.36. The molecular formula is C10H17BO2. The van der Waals surface area contributed by atoms with Crippen LogP contribution in [0.15, 0.2) is 24.7 Å². The quantitative estimate of drug-likeness (QED) is 0.479. The standard InChI is InChI=1S/C10H17BO2/c1-6-7-8-11-12-9(2,3)10(4,5)13-11/h6-8H,1H2,2-5H3/b8-7+. The fraction of sp³-hybridized carbons (Fsp3) is 0.600. The molecule has 3 heteroatoms. The lowest BCUT2D eigenvalue weighted by molar-refractivity contribution is 0.00578. The Balaban J connectivity index is 2.70. The molecule has 1 aliphatic heterocycles. The third-order valence-corrected chi connectivity index (χ3v) is 2.68. The summed E-state index contributed by atoms with van der Waals surface area (Å²) in [5, 5.41) is 0. The molecule has 1 fully saturated rings. The summed E-state index contributed by atoms with van der Waals surface area (Å²) in [7, 11) is -0.247. The van der Waals surface area contributed by atoms with Crippen molar-refractivity contribution in [2.24, 2.45) is 0 Å². The van der Waals surface area contributed by atoms with Gasteiger partial charge in [-0.25, -0.2) is 0 Å². The Labute approximate surface area is 80.8 Å². The van der Waals surface area contributed by atoms with Crippen LogP contribution in [0.2, 0.25) is 0 Å². The third-order valence-electron chi connectivity index (χ3n) is 2.68. The van der Waals surface area contributed by atoms with E-state index in [-0.39, 0.29) is 18.3 Å². The van der Waals surface area contributed by atoms with Crippen LogP contribution in [-0.2, 0) is 9.31 Å². The maximum absolute atomic E-state index is 5.71. The van der Waals surface area contributed by atoms with Crippen LogP contribution in [0.1, 0.15) is 27.7 Å². The van der Waals surface area contributed by atoms with Gasteiger partial charge in [0.2, 0.25) is 0 Å². The Bertz CT molecular complexity index is 215. The topological polar surface area (TPSA) is 18.5 Å². The van der Waals surface area contributed by atoms with Crippen molar-refractivity contribution in [2.45, 2.75) is 38.9 Å². The van der Waals surface area contributed by atoms with Crippen molar-refractivity contribution < 1.29 is 9.31 Å². The van der Waals surface area contributed by atoms with Gasteiger partial charge in [-0.1, -0.05) is 24.7 Å². The van der Waals surface area contributed by atoms with E-state index in [9.17, 15) is 0 Å². The Morgan fingerprint density at radius 3 is 1.92 bits per heavy atom. The molecule has 0 atom stereocenters. The second-order valence-corrected chi connectivity index (χ2v) is 4.25. The summed E-state index contributed by atoms with van der Waals surface area (Å²) in [5.41, 5.74) is -0.494. The zero-order chi connectivity index (χ0) is 10.1. The van der Waals surface area contributed by atoms with Gasteiger partial charge in [-0.3, -0.25) is 0 Å². The van der Waals surface area contributed by atoms with E-state index in [1.54, 1.807) is 6.08 Å². The maximum atomic E-state index is 5.71. The molecule has 2 nitrogen and oxygen atoms in total. The molecular weight excluding hydrogens is 163 g/mol. The number of hydrogen-bond donors (Lipinski definition) is 0. The third kappa shape index (κ3) is 2.04. The van der Waals surface area contributed by atoms with Crippen LogP contribution in [0.3, 0.4) is 0 Å². The van der Waals surface area contributed by atoms with Crippen LogP contribution in [0, 0.1) is 0 Å². The van der Waals surface area contributed by atoms with E-state index < -0.39 is 0 Å². The smallest absolute Gasteiger partial charge is 0.400 e. The van der Waals surface area contributed by atoms with Gasteiger partial charge < -0.3 is 9.31 Å². The summed E-state index contributed by atoms with van der Waals surface area (Å²) < 4.78 is 11.4. The van der Waals surface area contributed by atoms with E-state index in [0.29, 0.717) is 0 Å². The molecule has 0 aromatic carbocycles. The molecule has 0 aromatic rings. The van der Waals surface area contributed by atoms with Crippen LogP contribution in [-0.4, -0.2) is 18.3 Å². The van der Waals surface area contributed by atoms with E-state index >= 15 is 0 Å². The van der Waals surface area contributed by atoms with Crippen molar-refractivity contribution in [3.63, 3.8) is 0 Å². The van der Waals surface area contributed by atoms with Crippen molar-refractivity contribution in [1.29, 1.82) is 0 Å². The molecule has 0 N–H and O–H groups in total. The van der Waals surface area contributed by atoms with Crippen LogP contribution >= 0.6 is 0 Å². The van der Waals surface area contributed by atoms with Crippen molar-refractivity contribution in [2.75, 3.05) is 0 Å². The van der Waals surface area contributed by atoms with Crippen LogP contribution in [0.5, 0.6) is 0 Å². The molecule has 0 aromatic heterocycles. The van der Waals surface area contributed by atoms with Gasteiger partial charge in [0.15, 0.2) is 0 Å². The molecule has 0 radical (unpaired) electrons. The number of hydrogen-bond acceptors (Lipinski definition) is 2. The molecule has 1 aliphatic rings. The molecule has 0 bridgehead atoms. The summed E-state index contributed by atoms with van der Waals surface area (Å²) >= 11 is 0. The lowest BCUT2D eigenvalue weighted by Gasteiger charge is -2.32. The summed E-state index contributed by atoms with van der Waals surface area (Å²) in [6.07, 6.45) is 3.55. The van der Waals surface area contributed by atoms with E-state index in [1.165, 1.54) is 0 Å². The van der Waals surface area contributed by atoms with Crippen molar-refractivity contribution in [1.82, 2.24) is 0 Å². The van der Waals surface area contributed by atoms with Gasteiger partial charge in [0.1, 0.15) is 0 Å². The zero-order valence-electron chi connectivity index (χ0n) is 8.83. The number of allylic oxidation sites excluding steroid dienone is 2. The van der Waals surface area contributed by atoms with Gasteiger partial charge in [-0.2, -0.15) is 0 Å². The maximum Gasteiger partial charge on any atom is 0.487 e. The first-order valence-corrected chi connectivity index (χ1v) is 4.54. The highest BCUT2D eigenvalue weighted by atomic mass is 16.7. The average molecular weight is 180 g/mol. The monoisotopic (exact) mass is 180 g/mol. The van der Waals surface area contributed by atoms with E-state index in [4.69, 9.17) is 9.31 Å². The fourth-order valence-corrected chi connectivity index (χ4v) is 1.14. The summed E-state index contributed by atoms with van der Waals surface area (Å²) in [4.78, 5) is 0. The Morgan fingerprint density at radius 2 is 1.54 bits per heavy atom. The second-order valence-electron chi connectivity index (χ2n) is 4.25. The Morgan fingerprint density at radius 1 is 1.08 bits per heavy atom. The van der Waals surface area contributed by atoms with Gasteiger partial charge in [-0.05, 0) is 27.7 Å². The lowest BCUT2D eigenvalue weighted by atomic mass is 9.90.